The first-order valence-electron chi connectivity index (χ1n) is 3.72. The number of nitrogens with zero attached hydrogens (tertiary/aromatic N) is 1. The number of rotatable bonds is 4. The van der Waals surface area contributed by atoms with Crippen LogP contribution < -0.4 is 0 Å². The molecule has 13 heavy (non-hydrogen) atoms. The molecule has 1 N–H and O–H groups in total. The second-order valence-electron chi connectivity index (χ2n) is 3.46. The summed E-state index contributed by atoms with van der Waals surface area (Å²) in [4.78, 5) is 10.5. The van der Waals surface area contributed by atoms with Crippen LogP contribution in [0.15, 0.2) is 0 Å². The molecule has 6 heteroatoms. The van der Waals surface area contributed by atoms with Crippen molar-refractivity contribution in [1.82, 2.24) is 0 Å². The fraction of sp³-hybridized carbons (Fsp3) is 0.857. The number of carbonyl (C=O) groups is 1. The second-order valence-corrected chi connectivity index (χ2v) is 3.46. The standard InChI is InChI=1S/C7H13F3NO2/c1-11(2,3-4-12)5-6(13)7(8,9)10/h12H,3-5H2,1-2H3/q+1. The molecule has 0 amide bonds. The number of quaternary nitrogens is 1. The summed E-state index contributed by atoms with van der Waals surface area (Å²) in [6.07, 6.45) is -4.77. The van der Waals surface area contributed by atoms with Gasteiger partial charge in [-0.25, -0.2) is 0 Å². The third-order valence-electron chi connectivity index (χ3n) is 1.59. The lowest BCUT2D eigenvalue weighted by molar-refractivity contribution is -0.883. The van der Waals surface area contributed by atoms with Gasteiger partial charge in [0.1, 0.15) is 13.1 Å². The Morgan fingerprint density at radius 3 is 2.15 bits per heavy atom. The summed E-state index contributed by atoms with van der Waals surface area (Å²) < 4.78 is 35.2. The predicted octanol–water partition coefficient (Wildman–Crippen LogP) is 0.187. The van der Waals surface area contributed by atoms with E-state index >= 15 is 0 Å². The molecule has 0 unspecified atom stereocenters. The molecule has 0 aliphatic rings. The summed E-state index contributed by atoms with van der Waals surface area (Å²) in [5, 5.41) is 8.51. The van der Waals surface area contributed by atoms with Crippen molar-refractivity contribution >= 4 is 5.78 Å². The Balaban J connectivity index is 4.20. The lowest BCUT2D eigenvalue weighted by Crippen LogP contribution is -2.48. The fourth-order valence-corrected chi connectivity index (χ4v) is 0.828. The molecule has 0 aromatic heterocycles. The van der Waals surface area contributed by atoms with E-state index in [-0.39, 0.29) is 17.6 Å². The molecule has 0 spiro atoms. The van der Waals surface area contributed by atoms with Crippen LogP contribution in [-0.4, -0.2) is 55.3 Å². The Morgan fingerprint density at radius 1 is 1.38 bits per heavy atom. The van der Waals surface area contributed by atoms with Gasteiger partial charge in [-0.05, 0) is 0 Å². The van der Waals surface area contributed by atoms with E-state index in [2.05, 4.69) is 0 Å². The third-order valence-corrected chi connectivity index (χ3v) is 1.59. The molecule has 0 aromatic rings. The number of halogens is 3. The van der Waals surface area contributed by atoms with Crippen molar-refractivity contribution in [2.75, 3.05) is 33.8 Å². The van der Waals surface area contributed by atoms with Crippen molar-refractivity contribution in [3.8, 4) is 0 Å². The van der Waals surface area contributed by atoms with Crippen LogP contribution >= 0.6 is 0 Å². The molecule has 0 bridgehead atoms. The maximum atomic E-state index is 11.8. The second kappa shape index (κ2) is 4.06. The fourth-order valence-electron chi connectivity index (χ4n) is 0.828. The molecule has 0 fully saturated rings. The summed E-state index contributed by atoms with van der Waals surface area (Å²) in [5.74, 6) is -1.76. The Morgan fingerprint density at radius 2 is 1.85 bits per heavy atom. The maximum absolute atomic E-state index is 11.8. The van der Waals surface area contributed by atoms with Crippen LogP contribution in [0.4, 0.5) is 13.2 Å². The first-order valence-corrected chi connectivity index (χ1v) is 3.72. The van der Waals surface area contributed by atoms with E-state index in [9.17, 15) is 18.0 Å². The summed E-state index contributed by atoms with van der Waals surface area (Å²) in [6.45, 7) is -0.746. The molecule has 0 radical (unpaired) electrons. The average Bonchev–Trinajstić information content (AvgIpc) is 1.83. The molecular formula is C7H13F3NO2+. The minimum Gasteiger partial charge on any atom is -0.391 e. The van der Waals surface area contributed by atoms with E-state index < -0.39 is 18.5 Å². The molecule has 0 rings (SSSR count). The summed E-state index contributed by atoms with van der Waals surface area (Å²) in [6, 6.07) is 0. The number of hydrogen-bond donors (Lipinski definition) is 1. The number of alkyl halides is 3. The van der Waals surface area contributed by atoms with Crippen LogP contribution in [0.25, 0.3) is 0 Å². The Bertz CT molecular complexity index is 189. The minimum absolute atomic E-state index is 0.127. The van der Waals surface area contributed by atoms with Crippen molar-refractivity contribution in [1.29, 1.82) is 0 Å². The SMILES string of the molecule is C[N+](C)(CCO)CC(=O)C(F)(F)F. The van der Waals surface area contributed by atoms with Gasteiger partial charge in [-0.1, -0.05) is 0 Å². The first kappa shape index (κ1) is 12.4. The van der Waals surface area contributed by atoms with Crippen LogP contribution in [0, 0.1) is 0 Å². The van der Waals surface area contributed by atoms with Crippen LogP contribution in [-0.2, 0) is 4.79 Å². The molecular weight excluding hydrogens is 187 g/mol. The Kier molecular flexibility index (Phi) is 3.87. The number of hydrogen-bond acceptors (Lipinski definition) is 2. The molecule has 78 valence electrons. The lowest BCUT2D eigenvalue weighted by Gasteiger charge is -2.28. The van der Waals surface area contributed by atoms with Crippen molar-refractivity contribution in [2.45, 2.75) is 6.18 Å². The van der Waals surface area contributed by atoms with E-state index in [4.69, 9.17) is 5.11 Å². The minimum atomic E-state index is -4.77. The highest BCUT2D eigenvalue weighted by molar-refractivity contribution is 5.85. The highest BCUT2D eigenvalue weighted by atomic mass is 19.4. The number of aliphatic hydroxyl groups is 1. The van der Waals surface area contributed by atoms with E-state index in [1.54, 1.807) is 0 Å². The summed E-state index contributed by atoms with van der Waals surface area (Å²) >= 11 is 0. The predicted molar refractivity (Wildman–Crippen MR) is 40.0 cm³/mol. The van der Waals surface area contributed by atoms with Gasteiger partial charge in [-0.3, -0.25) is 4.79 Å². The van der Waals surface area contributed by atoms with Crippen LogP contribution in [0.1, 0.15) is 0 Å². The normalized spacial score (nSPS) is 13.1. The quantitative estimate of drug-likeness (QED) is 0.657. The molecule has 0 heterocycles. The number of carbonyl (C=O) groups excluding carboxylic acids is 1. The van der Waals surface area contributed by atoms with E-state index in [1.807, 2.05) is 0 Å². The summed E-state index contributed by atoms with van der Waals surface area (Å²) in [5.41, 5.74) is 0. The van der Waals surface area contributed by atoms with Gasteiger partial charge in [-0.15, -0.1) is 0 Å². The van der Waals surface area contributed by atoms with Gasteiger partial charge < -0.3 is 9.59 Å². The number of likely N-dealkylation sites (N-methyl/N-ethyl adjacent to an activating group) is 1. The van der Waals surface area contributed by atoms with Gasteiger partial charge in [0.05, 0.1) is 20.7 Å². The Labute approximate surface area is 74.4 Å². The van der Waals surface area contributed by atoms with Gasteiger partial charge in [0.25, 0.3) is 5.78 Å². The van der Waals surface area contributed by atoms with Crippen molar-refractivity contribution < 1.29 is 27.6 Å². The van der Waals surface area contributed by atoms with E-state index in [1.165, 1.54) is 14.1 Å². The molecule has 0 saturated heterocycles. The van der Waals surface area contributed by atoms with Crippen LogP contribution in [0.2, 0.25) is 0 Å². The zero-order chi connectivity index (χ0) is 10.7. The van der Waals surface area contributed by atoms with Gasteiger partial charge >= 0.3 is 6.18 Å². The van der Waals surface area contributed by atoms with Crippen molar-refractivity contribution in [3.63, 3.8) is 0 Å². The largest absolute Gasteiger partial charge is 0.456 e. The molecule has 3 nitrogen and oxygen atoms in total. The van der Waals surface area contributed by atoms with Crippen molar-refractivity contribution in [3.05, 3.63) is 0 Å². The molecule has 0 atom stereocenters. The van der Waals surface area contributed by atoms with Crippen LogP contribution in [0.5, 0.6) is 0 Å². The smallest absolute Gasteiger partial charge is 0.391 e. The first-order chi connectivity index (χ1) is 5.69. The lowest BCUT2D eigenvalue weighted by atomic mass is 10.3. The number of Topliss-reactive ketones (excluding diaryl/α,β-unsaturated/α-hetero) is 1. The van der Waals surface area contributed by atoms with Crippen molar-refractivity contribution in [2.24, 2.45) is 0 Å². The van der Waals surface area contributed by atoms with Gasteiger partial charge in [-0.2, -0.15) is 13.2 Å². The van der Waals surface area contributed by atoms with Crippen LogP contribution in [0.3, 0.4) is 0 Å². The van der Waals surface area contributed by atoms with Gasteiger partial charge in [0, 0.05) is 0 Å². The summed E-state index contributed by atoms with van der Waals surface area (Å²) in [7, 11) is 2.92. The maximum Gasteiger partial charge on any atom is 0.456 e. The number of aliphatic hydroxyl groups excluding tert-OH is 1. The monoisotopic (exact) mass is 200 g/mol. The molecule has 0 aromatic carbocycles. The zero-order valence-corrected chi connectivity index (χ0v) is 7.56. The third kappa shape index (κ3) is 4.84. The van der Waals surface area contributed by atoms with E-state index in [0.717, 1.165) is 0 Å². The molecule has 0 aliphatic heterocycles. The topological polar surface area (TPSA) is 37.3 Å². The highest BCUT2D eigenvalue weighted by Gasteiger charge is 2.41. The molecule has 0 aliphatic carbocycles. The number of ketones is 1. The highest BCUT2D eigenvalue weighted by Crippen LogP contribution is 2.17. The average molecular weight is 200 g/mol. The van der Waals surface area contributed by atoms with Gasteiger partial charge in [0.15, 0.2) is 0 Å². The van der Waals surface area contributed by atoms with E-state index in [0.29, 0.717) is 0 Å². The molecule has 0 saturated carbocycles. The Hall–Kier alpha value is -0.620. The zero-order valence-electron chi connectivity index (χ0n) is 7.56. The van der Waals surface area contributed by atoms with Gasteiger partial charge in [0.2, 0.25) is 0 Å².